The molecule has 0 saturated carbocycles. The average Bonchev–Trinajstić information content (AvgIpc) is 2.70. The van der Waals surface area contributed by atoms with Gasteiger partial charge in [-0.2, -0.15) is 0 Å². The Labute approximate surface area is 124 Å². The minimum Gasteiger partial charge on any atom is -0.398 e. The highest BCUT2D eigenvalue weighted by Crippen LogP contribution is 2.29. The molecular formula is C14H11BrClN3. The Morgan fingerprint density at radius 3 is 2.74 bits per heavy atom. The van der Waals surface area contributed by atoms with Crippen molar-refractivity contribution in [2.75, 3.05) is 5.73 Å². The Morgan fingerprint density at radius 2 is 2.00 bits per heavy atom. The van der Waals surface area contributed by atoms with E-state index < -0.39 is 0 Å². The van der Waals surface area contributed by atoms with Crippen LogP contribution in [-0.2, 0) is 7.05 Å². The molecule has 0 unspecified atom stereocenters. The van der Waals surface area contributed by atoms with Gasteiger partial charge in [0.1, 0.15) is 5.82 Å². The predicted molar refractivity (Wildman–Crippen MR) is 83.3 cm³/mol. The van der Waals surface area contributed by atoms with Crippen molar-refractivity contribution in [2.24, 2.45) is 7.05 Å². The fraction of sp³-hybridized carbons (Fsp3) is 0.0714. The van der Waals surface area contributed by atoms with Crippen LogP contribution in [0.2, 0.25) is 5.02 Å². The summed E-state index contributed by atoms with van der Waals surface area (Å²) in [5.74, 6) is 0.872. The van der Waals surface area contributed by atoms with Gasteiger partial charge in [-0.3, -0.25) is 0 Å². The van der Waals surface area contributed by atoms with Gasteiger partial charge in [-0.25, -0.2) is 4.98 Å². The summed E-state index contributed by atoms with van der Waals surface area (Å²) in [6.07, 6.45) is 0. The van der Waals surface area contributed by atoms with Crippen molar-refractivity contribution in [3.05, 3.63) is 45.9 Å². The van der Waals surface area contributed by atoms with Gasteiger partial charge in [-0.15, -0.1) is 0 Å². The molecule has 3 aromatic rings. The number of nitrogens with two attached hydrogens (primary N) is 1. The molecule has 2 N–H and O–H groups in total. The Balaban J connectivity index is 2.24. The Kier molecular flexibility index (Phi) is 2.99. The molecule has 19 heavy (non-hydrogen) atoms. The van der Waals surface area contributed by atoms with E-state index in [2.05, 4.69) is 20.9 Å². The number of anilines is 1. The maximum Gasteiger partial charge on any atom is 0.140 e. The van der Waals surface area contributed by atoms with Crippen LogP contribution in [0.25, 0.3) is 22.4 Å². The molecular weight excluding hydrogens is 326 g/mol. The second kappa shape index (κ2) is 4.54. The fourth-order valence-electron chi connectivity index (χ4n) is 2.11. The highest BCUT2D eigenvalue weighted by Gasteiger charge is 2.11. The van der Waals surface area contributed by atoms with E-state index in [1.54, 1.807) is 6.07 Å². The molecule has 0 saturated heterocycles. The molecule has 1 heterocycles. The van der Waals surface area contributed by atoms with Crippen LogP contribution in [0.15, 0.2) is 40.9 Å². The van der Waals surface area contributed by atoms with Crippen molar-refractivity contribution >= 4 is 44.3 Å². The molecule has 0 amide bonds. The zero-order chi connectivity index (χ0) is 13.6. The number of halogens is 2. The first-order valence-electron chi connectivity index (χ1n) is 5.73. The summed E-state index contributed by atoms with van der Waals surface area (Å²) in [4.78, 5) is 4.65. The maximum atomic E-state index is 5.95. The van der Waals surface area contributed by atoms with E-state index in [1.807, 2.05) is 41.9 Å². The third kappa shape index (κ3) is 2.11. The topological polar surface area (TPSA) is 43.8 Å². The summed E-state index contributed by atoms with van der Waals surface area (Å²) < 4.78 is 3.06. The van der Waals surface area contributed by atoms with E-state index in [0.717, 1.165) is 26.9 Å². The SMILES string of the molecule is Cn1c(-c2ccc(Cl)c(N)c2)nc2cc(Br)ccc21. The van der Waals surface area contributed by atoms with E-state index in [-0.39, 0.29) is 0 Å². The molecule has 1 aromatic heterocycles. The van der Waals surface area contributed by atoms with Gasteiger partial charge >= 0.3 is 0 Å². The molecule has 5 heteroatoms. The number of nitrogen functional groups attached to an aromatic ring is 1. The molecule has 0 bridgehead atoms. The lowest BCUT2D eigenvalue weighted by Gasteiger charge is -2.04. The van der Waals surface area contributed by atoms with Crippen LogP contribution in [0, 0.1) is 0 Å². The largest absolute Gasteiger partial charge is 0.398 e. The molecule has 0 aliphatic carbocycles. The van der Waals surface area contributed by atoms with Gasteiger partial charge in [-0.1, -0.05) is 27.5 Å². The first-order valence-corrected chi connectivity index (χ1v) is 6.91. The van der Waals surface area contributed by atoms with Crippen LogP contribution < -0.4 is 5.73 Å². The predicted octanol–water partition coefficient (Wildman–Crippen LogP) is 4.24. The highest BCUT2D eigenvalue weighted by atomic mass is 79.9. The first kappa shape index (κ1) is 12.5. The number of benzene rings is 2. The number of hydrogen-bond donors (Lipinski definition) is 1. The van der Waals surface area contributed by atoms with Crippen LogP contribution in [-0.4, -0.2) is 9.55 Å². The average molecular weight is 337 g/mol. The van der Waals surface area contributed by atoms with Gasteiger partial charge in [0.15, 0.2) is 0 Å². The third-order valence-electron chi connectivity index (χ3n) is 3.10. The molecule has 0 atom stereocenters. The van der Waals surface area contributed by atoms with Crippen molar-refractivity contribution in [1.29, 1.82) is 0 Å². The van der Waals surface area contributed by atoms with Crippen molar-refractivity contribution in [2.45, 2.75) is 0 Å². The summed E-state index contributed by atoms with van der Waals surface area (Å²) in [5.41, 5.74) is 9.39. The van der Waals surface area contributed by atoms with E-state index in [9.17, 15) is 0 Å². The molecule has 3 nitrogen and oxygen atoms in total. The van der Waals surface area contributed by atoms with E-state index in [4.69, 9.17) is 17.3 Å². The third-order valence-corrected chi connectivity index (χ3v) is 3.93. The highest BCUT2D eigenvalue weighted by molar-refractivity contribution is 9.10. The Hall–Kier alpha value is -1.52. The number of imidazole rings is 1. The fourth-order valence-corrected chi connectivity index (χ4v) is 2.58. The lowest BCUT2D eigenvalue weighted by Crippen LogP contribution is -1.94. The van der Waals surface area contributed by atoms with Crippen LogP contribution in [0.5, 0.6) is 0 Å². The van der Waals surface area contributed by atoms with Gasteiger partial charge < -0.3 is 10.3 Å². The summed E-state index contributed by atoms with van der Waals surface area (Å²) in [6.45, 7) is 0. The van der Waals surface area contributed by atoms with Crippen molar-refractivity contribution in [1.82, 2.24) is 9.55 Å². The lowest BCUT2D eigenvalue weighted by molar-refractivity contribution is 0.959. The standard InChI is InChI=1S/C14H11BrClN3/c1-19-13-5-3-9(15)7-12(13)18-14(19)8-2-4-10(16)11(17)6-8/h2-7H,17H2,1H3. The zero-order valence-electron chi connectivity index (χ0n) is 10.2. The van der Waals surface area contributed by atoms with Gasteiger partial charge in [-0.05, 0) is 36.4 Å². The smallest absolute Gasteiger partial charge is 0.140 e. The number of aromatic nitrogens is 2. The van der Waals surface area contributed by atoms with E-state index >= 15 is 0 Å². The van der Waals surface area contributed by atoms with Crippen LogP contribution in [0.4, 0.5) is 5.69 Å². The van der Waals surface area contributed by atoms with Crippen molar-refractivity contribution < 1.29 is 0 Å². The Bertz CT molecular complexity index is 780. The second-order valence-corrected chi connectivity index (χ2v) is 5.69. The van der Waals surface area contributed by atoms with Crippen molar-refractivity contribution in [3.8, 4) is 11.4 Å². The summed E-state index contributed by atoms with van der Waals surface area (Å²) in [5, 5.41) is 0.560. The summed E-state index contributed by atoms with van der Waals surface area (Å²) in [7, 11) is 1.99. The van der Waals surface area contributed by atoms with Gasteiger partial charge in [0.05, 0.1) is 21.7 Å². The number of fused-ring (bicyclic) bond motifs is 1. The number of nitrogens with zero attached hydrogens (tertiary/aromatic N) is 2. The van der Waals surface area contributed by atoms with Gasteiger partial charge in [0, 0.05) is 17.1 Å². The molecule has 0 radical (unpaired) electrons. The summed E-state index contributed by atoms with van der Waals surface area (Å²) >= 11 is 9.41. The van der Waals surface area contributed by atoms with Gasteiger partial charge in [0.25, 0.3) is 0 Å². The van der Waals surface area contributed by atoms with E-state index in [0.29, 0.717) is 10.7 Å². The Morgan fingerprint density at radius 1 is 1.21 bits per heavy atom. The number of hydrogen-bond acceptors (Lipinski definition) is 2. The first-order chi connectivity index (χ1) is 9.06. The van der Waals surface area contributed by atoms with Crippen LogP contribution in [0.1, 0.15) is 0 Å². The normalized spacial score (nSPS) is 11.1. The number of rotatable bonds is 1. The maximum absolute atomic E-state index is 5.95. The minimum absolute atomic E-state index is 0.560. The molecule has 0 spiro atoms. The van der Waals surface area contributed by atoms with E-state index in [1.165, 1.54) is 0 Å². The molecule has 3 rings (SSSR count). The molecule has 96 valence electrons. The van der Waals surface area contributed by atoms with Crippen LogP contribution >= 0.6 is 27.5 Å². The van der Waals surface area contributed by atoms with Crippen LogP contribution in [0.3, 0.4) is 0 Å². The van der Waals surface area contributed by atoms with Crippen molar-refractivity contribution in [3.63, 3.8) is 0 Å². The quantitative estimate of drug-likeness (QED) is 0.676. The zero-order valence-corrected chi connectivity index (χ0v) is 12.5. The molecule has 0 aliphatic rings. The molecule has 0 aliphatic heterocycles. The second-order valence-electron chi connectivity index (χ2n) is 4.36. The van der Waals surface area contributed by atoms with Gasteiger partial charge in [0.2, 0.25) is 0 Å². The lowest BCUT2D eigenvalue weighted by atomic mass is 10.2. The monoisotopic (exact) mass is 335 g/mol. The number of aryl methyl sites for hydroxylation is 1. The summed E-state index contributed by atoms with van der Waals surface area (Å²) in [6, 6.07) is 11.6. The molecule has 0 fully saturated rings. The molecule has 2 aromatic carbocycles. The minimum atomic E-state index is 0.560.